The Bertz CT molecular complexity index is 979. The van der Waals surface area contributed by atoms with Crippen molar-refractivity contribution >= 4 is 22.7 Å². The Labute approximate surface area is 163 Å². The molecule has 0 aliphatic heterocycles. The van der Waals surface area contributed by atoms with Crippen molar-refractivity contribution < 1.29 is 19.1 Å². The first-order valence-corrected chi connectivity index (χ1v) is 9.06. The van der Waals surface area contributed by atoms with Crippen LogP contribution in [0.15, 0.2) is 48.5 Å². The number of aromatic nitrogens is 1. The number of ether oxygens (including phenoxy) is 2. The number of aryl methyl sites for hydroxylation is 1. The molecule has 2 aromatic carbocycles. The minimum atomic E-state index is -0.790. The van der Waals surface area contributed by atoms with E-state index in [0.29, 0.717) is 17.9 Å². The highest BCUT2D eigenvalue weighted by molar-refractivity contribution is 6.08. The normalized spacial score (nSPS) is 11.7. The molecule has 0 spiro atoms. The molecule has 0 aliphatic carbocycles. The lowest BCUT2D eigenvalue weighted by Crippen LogP contribution is -2.47. The van der Waals surface area contributed by atoms with Gasteiger partial charge in [-0.1, -0.05) is 18.2 Å². The number of carbonyl (C=O) groups is 2. The van der Waals surface area contributed by atoms with E-state index in [4.69, 9.17) is 9.47 Å². The first kappa shape index (κ1) is 19.3. The Kier molecular flexibility index (Phi) is 5.84. The molecule has 0 fully saturated rings. The number of hydrazine groups is 1. The van der Waals surface area contributed by atoms with Gasteiger partial charge < -0.3 is 14.5 Å². The number of hydrogen-bond donors (Lipinski definition) is 3. The molecule has 0 bridgehead atoms. The monoisotopic (exact) mass is 381 g/mol. The predicted molar refractivity (Wildman–Crippen MR) is 106 cm³/mol. The Hall–Kier alpha value is -3.48. The highest BCUT2D eigenvalue weighted by Crippen LogP contribution is 2.21. The van der Waals surface area contributed by atoms with Crippen molar-refractivity contribution in [3.8, 4) is 11.5 Å². The zero-order valence-electron chi connectivity index (χ0n) is 16.0. The van der Waals surface area contributed by atoms with Gasteiger partial charge in [0, 0.05) is 16.6 Å². The van der Waals surface area contributed by atoms with Crippen molar-refractivity contribution in [3.63, 3.8) is 0 Å². The molecule has 28 heavy (non-hydrogen) atoms. The van der Waals surface area contributed by atoms with Crippen LogP contribution in [0.2, 0.25) is 0 Å². The summed E-state index contributed by atoms with van der Waals surface area (Å²) >= 11 is 0. The molecule has 7 heteroatoms. The SMILES string of the molecule is CCOc1ccc(OC(C)C(=O)NNC(=O)c2c(C)[nH]c3ccccc23)cc1. The molecule has 0 saturated heterocycles. The van der Waals surface area contributed by atoms with E-state index in [0.717, 1.165) is 22.3 Å². The fourth-order valence-electron chi connectivity index (χ4n) is 2.89. The second-order valence-electron chi connectivity index (χ2n) is 6.28. The van der Waals surface area contributed by atoms with Gasteiger partial charge >= 0.3 is 0 Å². The zero-order chi connectivity index (χ0) is 20.1. The van der Waals surface area contributed by atoms with Crippen molar-refractivity contribution in [3.05, 3.63) is 59.8 Å². The standard InChI is InChI=1S/C21H23N3O4/c1-4-27-15-9-11-16(12-10-15)28-14(3)20(25)23-24-21(26)19-13(2)22-18-8-6-5-7-17(18)19/h5-12,14,22H,4H2,1-3H3,(H,23,25)(H,24,26). The van der Waals surface area contributed by atoms with Crippen LogP contribution in [0.5, 0.6) is 11.5 Å². The predicted octanol–water partition coefficient (Wildman–Crippen LogP) is 3.10. The lowest BCUT2D eigenvalue weighted by atomic mass is 10.1. The van der Waals surface area contributed by atoms with Crippen LogP contribution in [0.1, 0.15) is 29.9 Å². The third-order valence-electron chi connectivity index (χ3n) is 4.24. The average Bonchev–Trinajstić information content (AvgIpc) is 3.03. The number of H-pyrrole nitrogens is 1. The topological polar surface area (TPSA) is 92.4 Å². The molecule has 146 valence electrons. The Morgan fingerprint density at radius 3 is 2.43 bits per heavy atom. The number of aromatic amines is 1. The fourth-order valence-corrected chi connectivity index (χ4v) is 2.89. The summed E-state index contributed by atoms with van der Waals surface area (Å²) in [5.41, 5.74) is 6.95. The van der Waals surface area contributed by atoms with Crippen LogP contribution in [-0.2, 0) is 4.79 Å². The number of rotatable bonds is 6. The molecule has 1 aromatic heterocycles. The lowest BCUT2D eigenvalue weighted by Gasteiger charge is -2.15. The van der Waals surface area contributed by atoms with Gasteiger partial charge in [0.1, 0.15) is 11.5 Å². The van der Waals surface area contributed by atoms with Crippen LogP contribution in [0.4, 0.5) is 0 Å². The summed E-state index contributed by atoms with van der Waals surface area (Å²) < 4.78 is 11.0. The molecular weight excluding hydrogens is 358 g/mol. The van der Waals surface area contributed by atoms with Crippen LogP contribution in [0.3, 0.4) is 0 Å². The summed E-state index contributed by atoms with van der Waals surface area (Å²) in [7, 11) is 0. The highest BCUT2D eigenvalue weighted by Gasteiger charge is 2.19. The number of carbonyl (C=O) groups excluding carboxylic acids is 2. The molecule has 3 aromatic rings. The quantitative estimate of drug-likeness (QED) is 0.572. The van der Waals surface area contributed by atoms with E-state index >= 15 is 0 Å². The number of hydrogen-bond acceptors (Lipinski definition) is 4. The van der Waals surface area contributed by atoms with Crippen molar-refractivity contribution in [2.45, 2.75) is 26.9 Å². The van der Waals surface area contributed by atoms with E-state index < -0.39 is 17.9 Å². The minimum absolute atomic E-state index is 0.392. The van der Waals surface area contributed by atoms with E-state index in [1.165, 1.54) is 0 Å². The fraction of sp³-hybridized carbons (Fsp3) is 0.238. The van der Waals surface area contributed by atoms with Crippen LogP contribution >= 0.6 is 0 Å². The molecule has 3 rings (SSSR count). The summed E-state index contributed by atoms with van der Waals surface area (Å²) in [5, 5.41) is 0.797. The van der Waals surface area contributed by atoms with Crippen LogP contribution in [0, 0.1) is 6.92 Å². The lowest BCUT2D eigenvalue weighted by molar-refractivity contribution is -0.128. The molecule has 1 atom stereocenters. The molecule has 0 aliphatic rings. The molecule has 1 heterocycles. The van der Waals surface area contributed by atoms with Crippen molar-refractivity contribution in [2.75, 3.05) is 6.61 Å². The Morgan fingerprint density at radius 1 is 1.04 bits per heavy atom. The van der Waals surface area contributed by atoms with Gasteiger partial charge in [0.05, 0.1) is 12.2 Å². The van der Waals surface area contributed by atoms with E-state index in [1.807, 2.05) is 38.1 Å². The maximum Gasteiger partial charge on any atom is 0.279 e. The average molecular weight is 381 g/mol. The maximum absolute atomic E-state index is 12.5. The van der Waals surface area contributed by atoms with Gasteiger partial charge in [-0.3, -0.25) is 20.4 Å². The maximum atomic E-state index is 12.5. The van der Waals surface area contributed by atoms with Gasteiger partial charge in [-0.2, -0.15) is 0 Å². The van der Waals surface area contributed by atoms with E-state index in [2.05, 4.69) is 15.8 Å². The van der Waals surface area contributed by atoms with Crippen molar-refractivity contribution in [1.29, 1.82) is 0 Å². The van der Waals surface area contributed by atoms with Crippen LogP contribution in [-0.4, -0.2) is 29.5 Å². The van der Waals surface area contributed by atoms with E-state index in [-0.39, 0.29) is 0 Å². The van der Waals surface area contributed by atoms with Crippen molar-refractivity contribution in [2.24, 2.45) is 0 Å². The molecule has 7 nitrogen and oxygen atoms in total. The van der Waals surface area contributed by atoms with Crippen LogP contribution < -0.4 is 20.3 Å². The number of nitrogens with one attached hydrogen (secondary N) is 3. The third-order valence-corrected chi connectivity index (χ3v) is 4.24. The van der Waals surface area contributed by atoms with Gasteiger partial charge in [0.25, 0.3) is 11.8 Å². The number of amides is 2. The van der Waals surface area contributed by atoms with Crippen molar-refractivity contribution in [1.82, 2.24) is 15.8 Å². The first-order valence-electron chi connectivity index (χ1n) is 9.06. The second-order valence-corrected chi connectivity index (χ2v) is 6.28. The van der Waals surface area contributed by atoms with E-state index in [1.54, 1.807) is 31.2 Å². The van der Waals surface area contributed by atoms with Gasteiger partial charge in [-0.15, -0.1) is 0 Å². The van der Waals surface area contributed by atoms with E-state index in [9.17, 15) is 9.59 Å². The van der Waals surface area contributed by atoms with Gasteiger partial charge in [-0.25, -0.2) is 0 Å². The third kappa shape index (κ3) is 4.25. The first-order chi connectivity index (χ1) is 13.5. The smallest absolute Gasteiger partial charge is 0.279 e. The second kappa shape index (κ2) is 8.47. The highest BCUT2D eigenvalue weighted by atomic mass is 16.5. The van der Waals surface area contributed by atoms with Crippen LogP contribution in [0.25, 0.3) is 10.9 Å². The summed E-state index contributed by atoms with van der Waals surface area (Å²) in [6.45, 7) is 5.90. The van der Waals surface area contributed by atoms with Gasteiger partial charge in [0.15, 0.2) is 6.10 Å². The zero-order valence-corrected chi connectivity index (χ0v) is 16.0. The molecule has 0 radical (unpaired) electrons. The molecular formula is C21H23N3O4. The number of benzene rings is 2. The summed E-state index contributed by atoms with van der Waals surface area (Å²) in [6.07, 6.45) is -0.790. The Balaban J connectivity index is 1.58. The minimum Gasteiger partial charge on any atom is -0.494 e. The Morgan fingerprint density at radius 2 is 1.71 bits per heavy atom. The molecule has 1 unspecified atom stereocenters. The summed E-state index contributed by atoms with van der Waals surface area (Å²) in [6, 6.07) is 14.5. The van der Waals surface area contributed by atoms with Gasteiger partial charge in [0.2, 0.25) is 0 Å². The molecule has 2 amide bonds. The van der Waals surface area contributed by atoms with Gasteiger partial charge in [-0.05, 0) is 51.1 Å². The molecule has 0 saturated carbocycles. The number of fused-ring (bicyclic) bond motifs is 1. The summed E-state index contributed by atoms with van der Waals surface area (Å²) in [5.74, 6) is 0.412. The number of para-hydroxylation sites is 1. The molecule has 3 N–H and O–H groups in total. The summed E-state index contributed by atoms with van der Waals surface area (Å²) in [4.78, 5) is 27.9. The largest absolute Gasteiger partial charge is 0.494 e.